The van der Waals surface area contributed by atoms with Gasteiger partial charge < -0.3 is 15.4 Å². The lowest BCUT2D eigenvalue weighted by Crippen LogP contribution is -2.42. The maximum Gasteiger partial charge on any atom is 0.191 e. The van der Waals surface area contributed by atoms with Gasteiger partial charge in [-0.1, -0.05) is 26.0 Å². The SMILES string of the molecule is COc1ccccc1SCC(C)CN=C(N)N1CCC(C)CC1. The van der Waals surface area contributed by atoms with E-state index in [0.717, 1.165) is 37.1 Å². The Bertz CT molecular complexity index is 513. The molecule has 1 aromatic rings. The molecule has 2 rings (SSSR count). The monoisotopic (exact) mass is 335 g/mol. The van der Waals surface area contributed by atoms with Crippen molar-refractivity contribution in [3.8, 4) is 5.75 Å². The lowest BCUT2D eigenvalue weighted by atomic mass is 10.00. The van der Waals surface area contributed by atoms with Crippen LogP contribution in [0.2, 0.25) is 0 Å². The number of guanidine groups is 1. The van der Waals surface area contributed by atoms with Crippen LogP contribution in [0, 0.1) is 11.8 Å². The minimum absolute atomic E-state index is 0.479. The number of ether oxygens (including phenoxy) is 1. The van der Waals surface area contributed by atoms with Gasteiger partial charge in [0.25, 0.3) is 0 Å². The lowest BCUT2D eigenvalue weighted by Gasteiger charge is -2.31. The Morgan fingerprint density at radius 3 is 2.78 bits per heavy atom. The van der Waals surface area contributed by atoms with Crippen LogP contribution in [0.1, 0.15) is 26.7 Å². The molecule has 0 bridgehead atoms. The number of hydrogen-bond acceptors (Lipinski definition) is 3. The highest BCUT2D eigenvalue weighted by molar-refractivity contribution is 7.99. The van der Waals surface area contributed by atoms with Crippen LogP contribution in [0.25, 0.3) is 0 Å². The molecule has 0 saturated carbocycles. The van der Waals surface area contributed by atoms with Crippen LogP contribution in [-0.4, -0.2) is 43.4 Å². The van der Waals surface area contributed by atoms with E-state index in [1.165, 1.54) is 17.7 Å². The van der Waals surface area contributed by atoms with Gasteiger partial charge in [0.15, 0.2) is 5.96 Å². The summed E-state index contributed by atoms with van der Waals surface area (Å²) in [7, 11) is 1.72. The van der Waals surface area contributed by atoms with Crippen molar-refractivity contribution in [1.29, 1.82) is 0 Å². The van der Waals surface area contributed by atoms with Gasteiger partial charge in [0.2, 0.25) is 0 Å². The summed E-state index contributed by atoms with van der Waals surface area (Å²) in [6.45, 7) is 7.39. The molecule has 0 aromatic heterocycles. The lowest BCUT2D eigenvalue weighted by molar-refractivity contribution is 0.277. The molecule has 0 aliphatic carbocycles. The van der Waals surface area contributed by atoms with Crippen molar-refractivity contribution < 1.29 is 4.74 Å². The van der Waals surface area contributed by atoms with Crippen LogP contribution in [0.5, 0.6) is 5.75 Å². The summed E-state index contributed by atoms with van der Waals surface area (Å²) in [5, 5.41) is 0. The van der Waals surface area contributed by atoms with Gasteiger partial charge in [0.1, 0.15) is 5.75 Å². The summed E-state index contributed by atoms with van der Waals surface area (Å²) in [5.74, 6) is 3.96. The first-order chi connectivity index (χ1) is 11.1. The highest BCUT2D eigenvalue weighted by Crippen LogP contribution is 2.30. The summed E-state index contributed by atoms with van der Waals surface area (Å²) in [4.78, 5) is 8.01. The van der Waals surface area contributed by atoms with Crippen molar-refractivity contribution in [2.75, 3.05) is 32.5 Å². The Morgan fingerprint density at radius 2 is 2.09 bits per heavy atom. The third kappa shape index (κ3) is 5.65. The van der Waals surface area contributed by atoms with E-state index in [-0.39, 0.29) is 0 Å². The van der Waals surface area contributed by atoms with E-state index in [9.17, 15) is 0 Å². The number of likely N-dealkylation sites (tertiary alicyclic amines) is 1. The number of hydrogen-bond donors (Lipinski definition) is 1. The first-order valence-corrected chi connectivity index (χ1v) is 9.39. The smallest absolute Gasteiger partial charge is 0.191 e. The van der Waals surface area contributed by atoms with E-state index in [4.69, 9.17) is 10.5 Å². The highest BCUT2D eigenvalue weighted by Gasteiger charge is 2.17. The molecule has 23 heavy (non-hydrogen) atoms. The summed E-state index contributed by atoms with van der Waals surface area (Å²) in [6, 6.07) is 8.14. The fourth-order valence-corrected chi connectivity index (χ4v) is 3.65. The number of para-hydroxylation sites is 1. The Morgan fingerprint density at radius 1 is 1.39 bits per heavy atom. The first-order valence-electron chi connectivity index (χ1n) is 8.40. The number of thioether (sulfide) groups is 1. The molecule has 1 fully saturated rings. The first kappa shape index (κ1) is 18.0. The molecular formula is C18H29N3OS. The van der Waals surface area contributed by atoms with Crippen LogP contribution < -0.4 is 10.5 Å². The van der Waals surface area contributed by atoms with Gasteiger partial charge in [0, 0.05) is 30.3 Å². The molecule has 5 heteroatoms. The van der Waals surface area contributed by atoms with Gasteiger partial charge >= 0.3 is 0 Å². The highest BCUT2D eigenvalue weighted by atomic mass is 32.2. The number of nitrogens with two attached hydrogens (primary N) is 1. The van der Waals surface area contributed by atoms with E-state index in [1.54, 1.807) is 7.11 Å². The number of benzene rings is 1. The standard InChI is InChI=1S/C18H29N3OS/c1-14-8-10-21(11-9-14)18(19)20-12-15(2)13-23-17-7-5-4-6-16(17)22-3/h4-7,14-15H,8-13H2,1-3H3,(H2,19,20). The molecule has 1 unspecified atom stereocenters. The van der Waals surface area contributed by atoms with Crippen LogP contribution in [0.4, 0.5) is 0 Å². The van der Waals surface area contributed by atoms with Gasteiger partial charge in [-0.3, -0.25) is 4.99 Å². The third-order valence-electron chi connectivity index (χ3n) is 4.27. The number of aliphatic imine (C=N–C) groups is 1. The predicted octanol–water partition coefficient (Wildman–Crippen LogP) is 3.47. The Hall–Kier alpha value is -1.36. The Labute approximate surface area is 144 Å². The average molecular weight is 336 g/mol. The normalized spacial score (nSPS) is 18.0. The molecular weight excluding hydrogens is 306 g/mol. The molecule has 1 aliphatic heterocycles. The van der Waals surface area contributed by atoms with Crippen molar-refractivity contribution >= 4 is 17.7 Å². The largest absolute Gasteiger partial charge is 0.496 e. The molecule has 1 heterocycles. The predicted molar refractivity (Wildman–Crippen MR) is 99.3 cm³/mol. The zero-order chi connectivity index (χ0) is 16.7. The van der Waals surface area contributed by atoms with E-state index in [0.29, 0.717) is 11.9 Å². The van der Waals surface area contributed by atoms with Gasteiger partial charge in [-0.15, -0.1) is 11.8 Å². The van der Waals surface area contributed by atoms with Crippen molar-refractivity contribution in [3.05, 3.63) is 24.3 Å². The molecule has 2 N–H and O–H groups in total. The molecule has 0 radical (unpaired) electrons. The van der Waals surface area contributed by atoms with Crippen LogP contribution in [-0.2, 0) is 0 Å². The Kier molecular flexibility index (Phi) is 7.09. The van der Waals surface area contributed by atoms with E-state index >= 15 is 0 Å². The second kappa shape index (κ2) is 9.06. The Balaban J connectivity index is 1.78. The zero-order valence-electron chi connectivity index (χ0n) is 14.5. The van der Waals surface area contributed by atoms with Crippen molar-refractivity contribution in [2.24, 2.45) is 22.6 Å². The van der Waals surface area contributed by atoms with Crippen molar-refractivity contribution in [2.45, 2.75) is 31.6 Å². The summed E-state index contributed by atoms with van der Waals surface area (Å²) in [5.41, 5.74) is 6.14. The summed E-state index contributed by atoms with van der Waals surface area (Å²) in [6.07, 6.45) is 2.44. The van der Waals surface area contributed by atoms with Crippen LogP contribution >= 0.6 is 11.8 Å². The molecule has 1 saturated heterocycles. The number of nitrogens with zero attached hydrogens (tertiary/aromatic N) is 2. The molecule has 4 nitrogen and oxygen atoms in total. The molecule has 1 aromatic carbocycles. The van der Waals surface area contributed by atoms with E-state index < -0.39 is 0 Å². The topological polar surface area (TPSA) is 50.9 Å². The molecule has 128 valence electrons. The van der Waals surface area contributed by atoms with E-state index in [1.807, 2.05) is 30.0 Å². The fourth-order valence-electron chi connectivity index (χ4n) is 2.61. The second-order valence-electron chi connectivity index (χ2n) is 6.44. The molecule has 1 aliphatic rings. The second-order valence-corrected chi connectivity index (χ2v) is 7.50. The van der Waals surface area contributed by atoms with Crippen LogP contribution in [0.15, 0.2) is 34.2 Å². The quantitative estimate of drug-likeness (QED) is 0.491. The van der Waals surface area contributed by atoms with Gasteiger partial charge in [0.05, 0.1) is 7.11 Å². The van der Waals surface area contributed by atoms with Gasteiger partial charge in [-0.25, -0.2) is 0 Å². The fraction of sp³-hybridized carbons (Fsp3) is 0.611. The minimum atomic E-state index is 0.479. The summed E-state index contributed by atoms with van der Waals surface area (Å²) < 4.78 is 5.39. The minimum Gasteiger partial charge on any atom is -0.496 e. The van der Waals surface area contributed by atoms with Crippen LogP contribution in [0.3, 0.4) is 0 Å². The average Bonchev–Trinajstić information content (AvgIpc) is 2.58. The van der Waals surface area contributed by atoms with Gasteiger partial charge in [-0.05, 0) is 36.8 Å². The molecule has 1 atom stereocenters. The number of methoxy groups -OCH3 is 1. The maximum absolute atomic E-state index is 6.14. The van der Waals surface area contributed by atoms with E-state index in [2.05, 4.69) is 29.8 Å². The van der Waals surface area contributed by atoms with Crippen molar-refractivity contribution in [1.82, 2.24) is 4.90 Å². The molecule has 0 amide bonds. The van der Waals surface area contributed by atoms with Gasteiger partial charge in [-0.2, -0.15) is 0 Å². The maximum atomic E-state index is 6.14. The zero-order valence-corrected chi connectivity index (χ0v) is 15.3. The third-order valence-corrected chi connectivity index (χ3v) is 5.65. The number of rotatable bonds is 6. The van der Waals surface area contributed by atoms with Crippen molar-refractivity contribution in [3.63, 3.8) is 0 Å². The molecule has 0 spiro atoms. The number of piperidine rings is 1. The summed E-state index contributed by atoms with van der Waals surface area (Å²) >= 11 is 1.82.